The number of aryl methyl sites for hydroxylation is 1. The van der Waals surface area contributed by atoms with Crippen LogP contribution in [0.5, 0.6) is 0 Å². The number of carboxylic acids is 1. The topological polar surface area (TPSA) is 80.0 Å². The molecule has 0 saturated carbocycles. The molecule has 1 heterocycles. The van der Waals surface area contributed by atoms with Crippen molar-refractivity contribution < 1.29 is 9.90 Å². The number of aromatic nitrogens is 3. The summed E-state index contributed by atoms with van der Waals surface area (Å²) in [7, 11) is 1.81. The lowest BCUT2D eigenvalue weighted by Crippen LogP contribution is -2.23. The molecule has 0 unspecified atom stereocenters. The first-order chi connectivity index (χ1) is 11.4. The zero-order chi connectivity index (χ0) is 19.0. The highest BCUT2D eigenvalue weighted by atomic mass is 16.4. The lowest BCUT2D eigenvalue weighted by Gasteiger charge is -2.30. The molecule has 0 aliphatic carbocycles. The molecule has 2 rings (SSSR count). The minimum atomic E-state index is -0.814. The minimum Gasteiger partial charge on any atom is -0.481 e. The standard InChI is InChI=1S/C19H28N4O2/c1-18(2,3)14-8-12(20-16-11-23(7)22-21-16)9-15(19(4,5)6)13(14)10-17(24)25/h8-9,11,20H,10H2,1-7H3,(H,24,25). The second-order valence-corrected chi connectivity index (χ2v) is 8.52. The van der Waals surface area contributed by atoms with Gasteiger partial charge in [-0.3, -0.25) is 9.48 Å². The fourth-order valence-corrected chi connectivity index (χ4v) is 2.98. The van der Waals surface area contributed by atoms with E-state index in [1.54, 1.807) is 10.9 Å². The smallest absolute Gasteiger partial charge is 0.307 e. The average Bonchev–Trinajstić information content (AvgIpc) is 2.82. The van der Waals surface area contributed by atoms with Gasteiger partial charge in [-0.1, -0.05) is 46.8 Å². The van der Waals surface area contributed by atoms with E-state index in [0.29, 0.717) is 5.82 Å². The van der Waals surface area contributed by atoms with Crippen LogP contribution >= 0.6 is 0 Å². The van der Waals surface area contributed by atoms with Gasteiger partial charge in [0, 0.05) is 12.7 Å². The minimum absolute atomic E-state index is 0.0185. The Bertz CT molecular complexity index is 744. The Morgan fingerprint density at radius 2 is 1.64 bits per heavy atom. The van der Waals surface area contributed by atoms with E-state index < -0.39 is 5.97 Å². The Kier molecular flexibility index (Phi) is 4.93. The maximum Gasteiger partial charge on any atom is 0.307 e. The van der Waals surface area contributed by atoms with Gasteiger partial charge in [0.25, 0.3) is 0 Å². The van der Waals surface area contributed by atoms with Crippen LogP contribution in [-0.2, 0) is 29.1 Å². The molecule has 0 aliphatic rings. The van der Waals surface area contributed by atoms with Crippen molar-refractivity contribution in [2.24, 2.45) is 7.05 Å². The quantitative estimate of drug-likeness (QED) is 0.882. The largest absolute Gasteiger partial charge is 0.481 e. The Labute approximate surface area is 149 Å². The van der Waals surface area contributed by atoms with Crippen LogP contribution in [0.2, 0.25) is 0 Å². The molecule has 6 nitrogen and oxygen atoms in total. The molecule has 0 fully saturated rings. The van der Waals surface area contributed by atoms with Gasteiger partial charge in [0.2, 0.25) is 0 Å². The summed E-state index contributed by atoms with van der Waals surface area (Å²) in [5.41, 5.74) is 3.51. The molecule has 2 aromatic rings. The summed E-state index contributed by atoms with van der Waals surface area (Å²) in [5, 5.41) is 20.7. The van der Waals surface area contributed by atoms with Gasteiger partial charge in [-0.05, 0) is 39.7 Å². The molecule has 136 valence electrons. The summed E-state index contributed by atoms with van der Waals surface area (Å²) in [5.74, 6) is -0.154. The van der Waals surface area contributed by atoms with E-state index in [2.05, 4.69) is 57.2 Å². The fraction of sp³-hybridized carbons (Fsp3) is 0.526. The van der Waals surface area contributed by atoms with Crippen LogP contribution in [0.4, 0.5) is 11.5 Å². The van der Waals surface area contributed by atoms with Crippen molar-refractivity contribution in [3.8, 4) is 0 Å². The van der Waals surface area contributed by atoms with Crippen molar-refractivity contribution >= 4 is 17.5 Å². The normalized spacial score (nSPS) is 12.3. The molecule has 6 heteroatoms. The number of nitrogens with one attached hydrogen (secondary N) is 1. The van der Waals surface area contributed by atoms with Crippen molar-refractivity contribution in [1.82, 2.24) is 15.0 Å². The number of nitrogens with zero attached hydrogens (tertiary/aromatic N) is 3. The number of carbonyl (C=O) groups is 1. The molecule has 0 atom stereocenters. The maximum atomic E-state index is 11.5. The number of hydrogen-bond acceptors (Lipinski definition) is 4. The lowest BCUT2D eigenvalue weighted by molar-refractivity contribution is -0.136. The Morgan fingerprint density at radius 1 is 1.12 bits per heavy atom. The van der Waals surface area contributed by atoms with Gasteiger partial charge >= 0.3 is 5.97 Å². The van der Waals surface area contributed by atoms with Crippen LogP contribution in [0.15, 0.2) is 18.3 Å². The van der Waals surface area contributed by atoms with Gasteiger partial charge in [-0.25, -0.2) is 0 Å². The molecule has 0 spiro atoms. The molecular formula is C19H28N4O2. The van der Waals surface area contributed by atoms with Crippen LogP contribution < -0.4 is 5.32 Å². The predicted octanol–water partition coefficient (Wildman–Crippen LogP) is 3.78. The summed E-state index contributed by atoms with van der Waals surface area (Å²) >= 11 is 0. The first-order valence-corrected chi connectivity index (χ1v) is 8.41. The van der Waals surface area contributed by atoms with Gasteiger partial charge in [-0.2, -0.15) is 0 Å². The fourth-order valence-electron chi connectivity index (χ4n) is 2.98. The van der Waals surface area contributed by atoms with E-state index in [4.69, 9.17) is 0 Å². The van der Waals surface area contributed by atoms with Crippen LogP contribution in [-0.4, -0.2) is 26.1 Å². The number of hydrogen-bond donors (Lipinski definition) is 2. The third-order valence-electron chi connectivity index (χ3n) is 4.07. The van der Waals surface area contributed by atoms with Gasteiger partial charge < -0.3 is 10.4 Å². The molecule has 0 aliphatic heterocycles. The summed E-state index contributed by atoms with van der Waals surface area (Å²) in [6, 6.07) is 4.06. The van der Waals surface area contributed by atoms with Gasteiger partial charge in [-0.15, -0.1) is 5.10 Å². The molecule has 0 bridgehead atoms. The summed E-state index contributed by atoms with van der Waals surface area (Å²) in [6.07, 6.45) is 1.82. The second-order valence-electron chi connectivity index (χ2n) is 8.52. The first kappa shape index (κ1) is 19.0. The molecule has 0 radical (unpaired) electrons. The van der Waals surface area contributed by atoms with Crippen LogP contribution in [0.1, 0.15) is 58.2 Å². The van der Waals surface area contributed by atoms with Gasteiger partial charge in [0.1, 0.15) is 0 Å². The lowest BCUT2D eigenvalue weighted by atomic mass is 9.75. The highest BCUT2D eigenvalue weighted by Gasteiger charge is 2.27. The van der Waals surface area contributed by atoms with Gasteiger partial charge in [0.05, 0.1) is 12.6 Å². The van der Waals surface area contributed by atoms with E-state index in [-0.39, 0.29) is 17.3 Å². The van der Waals surface area contributed by atoms with Crippen molar-refractivity contribution in [3.05, 3.63) is 35.0 Å². The molecule has 0 saturated heterocycles. The van der Waals surface area contributed by atoms with E-state index in [0.717, 1.165) is 22.4 Å². The number of benzene rings is 1. The molecular weight excluding hydrogens is 316 g/mol. The van der Waals surface area contributed by atoms with E-state index in [1.165, 1.54) is 0 Å². The zero-order valence-electron chi connectivity index (χ0n) is 16.1. The molecule has 2 N–H and O–H groups in total. The highest BCUT2D eigenvalue weighted by molar-refractivity contribution is 5.73. The Hall–Kier alpha value is -2.37. The Morgan fingerprint density at radius 3 is 2.00 bits per heavy atom. The summed E-state index contributed by atoms with van der Waals surface area (Å²) in [4.78, 5) is 11.5. The van der Waals surface area contributed by atoms with Crippen LogP contribution in [0, 0.1) is 0 Å². The molecule has 1 aromatic carbocycles. The second kappa shape index (κ2) is 6.50. The number of rotatable bonds is 4. The molecule has 25 heavy (non-hydrogen) atoms. The van der Waals surface area contributed by atoms with Crippen molar-refractivity contribution in [2.45, 2.75) is 58.8 Å². The number of anilines is 2. The number of aliphatic carboxylic acids is 1. The SMILES string of the molecule is Cn1cc(Nc2cc(C(C)(C)C)c(CC(=O)O)c(C(C)(C)C)c2)nn1. The third-order valence-corrected chi connectivity index (χ3v) is 4.07. The zero-order valence-corrected chi connectivity index (χ0v) is 16.1. The molecule has 0 amide bonds. The van der Waals surface area contributed by atoms with Crippen molar-refractivity contribution in [2.75, 3.05) is 5.32 Å². The number of carboxylic acid groups (broad SMARTS) is 1. The summed E-state index contributed by atoms with van der Waals surface area (Å²) < 4.78 is 1.64. The predicted molar refractivity (Wildman–Crippen MR) is 99.5 cm³/mol. The Balaban J connectivity index is 2.65. The average molecular weight is 344 g/mol. The first-order valence-electron chi connectivity index (χ1n) is 8.41. The third kappa shape index (κ3) is 4.59. The monoisotopic (exact) mass is 344 g/mol. The van der Waals surface area contributed by atoms with Crippen molar-refractivity contribution in [3.63, 3.8) is 0 Å². The summed E-state index contributed by atoms with van der Waals surface area (Å²) in [6.45, 7) is 12.6. The maximum absolute atomic E-state index is 11.5. The van der Waals surface area contributed by atoms with Crippen LogP contribution in [0.25, 0.3) is 0 Å². The van der Waals surface area contributed by atoms with E-state index >= 15 is 0 Å². The molecule has 1 aromatic heterocycles. The van der Waals surface area contributed by atoms with Crippen LogP contribution in [0.3, 0.4) is 0 Å². The van der Waals surface area contributed by atoms with Crippen molar-refractivity contribution in [1.29, 1.82) is 0 Å². The van der Waals surface area contributed by atoms with E-state index in [9.17, 15) is 9.90 Å². The highest BCUT2D eigenvalue weighted by Crippen LogP contribution is 2.37. The van der Waals surface area contributed by atoms with Gasteiger partial charge in [0.15, 0.2) is 5.82 Å². The van der Waals surface area contributed by atoms with E-state index in [1.807, 2.05) is 19.2 Å².